The number of halogens is 6. The molecule has 0 bridgehead atoms. The van der Waals surface area contributed by atoms with Crippen molar-refractivity contribution in [1.82, 2.24) is 19.7 Å². The first-order chi connectivity index (χ1) is 16.0. The zero-order valence-electron chi connectivity index (χ0n) is 17.2. The summed E-state index contributed by atoms with van der Waals surface area (Å²) in [5.41, 5.74) is -2.22. The second kappa shape index (κ2) is 8.72. The summed E-state index contributed by atoms with van der Waals surface area (Å²) in [6.07, 6.45) is -6.81. The highest BCUT2D eigenvalue weighted by Gasteiger charge is 2.38. The van der Waals surface area contributed by atoms with E-state index >= 15 is 0 Å². The highest BCUT2D eigenvalue weighted by Crippen LogP contribution is 2.40. The van der Waals surface area contributed by atoms with Crippen LogP contribution in [0, 0.1) is 6.92 Å². The standard InChI is InChI=1S/C21H15F6N5OS/c1-11-8-17(32-6-4-16(31-32)19-28-5-7-34-19)13(10-33)18(29-11)30-15-3-2-12(20(22,23)24)9-14(15)21(25,26)27/h2-9,33H,10H2,1H3,(H,29,30). The van der Waals surface area contributed by atoms with Gasteiger partial charge in [0.2, 0.25) is 0 Å². The topological polar surface area (TPSA) is 75.9 Å². The number of hydrogen-bond acceptors (Lipinski definition) is 6. The van der Waals surface area contributed by atoms with Gasteiger partial charge in [0, 0.05) is 29.0 Å². The summed E-state index contributed by atoms with van der Waals surface area (Å²) in [5, 5.41) is 19.3. The van der Waals surface area contributed by atoms with Crippen LogP contribution < -0.4 is 5.32 Å². The van der Waals surface area contributed by atoms with Crippen LogP contribution in [0.15, 0.2) is 48.1 Å². The first kappa shape index (κ1) is 23.7. The fourth-order valence-electron chi connectivity index (χ4n) is 3.26. The molecule has 34 heavy (non-hydrogen) atoms. The van der Waals surface area contributed by atoms with Gasteiger partial charge in [-0.05, 0) is 37.3 Å². The normalized spacial score (nSPS) is 12.2. The molecular weight excluding hydrogens is 484 g/mol. The van der Waals surface area contributed by atoms with Gasteiger partial charge in [0.25, 0.3) is 0 Å². The van der Waals surface area contributed by atoms with Crippen molar-refractivity contribution in [1.29, 1.82) is 0 Å². The average molecular weight is 499 g/mol. The predicted molar refractivity (Wildman–Crippen MR) is 113 cm³/mol. The van der Waals surface area contributed by atoms with Crippen molar-refractivity contribution >= 4 is 22.8 Å². The highest BCUT2D eigenvalue weighted by molar-refractivity contribution is 7.13. The van der Waals surface area contributed by atoms with Gasteiger partial charge >= 0.3 is 12.4 Å². The Labute approximate surface area is 192 Å². The third kappa shape index (κ3) is 4.75. The Hall–Kier alpha value is -3.45. The summed E-state index contributed by atoms with van der Waals surface area (Å²) in [6.45, 7) is 0.956. The summed E-state index contributed by atoms with van der Waals surface area (Å²) in [5.74, 6) is -0.144. The molecule has 0 aliphatic carbocycles. The Morgan fingerprint density at radius 3 is 2.44 bits per heavy atom. The molecule has 0 fully saturated rings. The minimum atomic E-state index is -5.07. The molecule has 6 nitrogen and oxygen atoms in total. The third-order valence-corrected chi connectivity index (χ3v) is 5.58. The van der Waals surface area contributed by atoms with Crippen molar-refractivity contribution in [2.24, 2.45) is 0 Å². The molecule has 4 aromatic rings. The molecular formula is C21H15F6N5OS. The third-order valence-electron chi connectivity index (χ3n) is 4.78. The number of aliphatic hydroxyl groups excluding tert-OH is 1. The molecule has 4 rings (SSSR count). The molecule has 0 saturated heterocycles. The quantitative estimate of drug-likeness (QED) is 0.331. The number of rotatable bonds is 5. The summed E-state index contributed by atoms with van der Waals surface area (Å²) in [7, 11) is 0. The van der Waals surface area contributed by atoms with Crippen molar-refractivity contribution in [2.75, 3.05) is 5.32 Å². The minimum Gasteiger partial charge on any atom is -0.391 e. The lowest BCUT2D eigenvalue weighted by molar-refractivity contribution is -0.142. The summed E-state index contributed by atoms with van der Waals surface area (Å²) < 4.78 is 81.1. The Bertz CT molecular complexity index is 1310. The Morgan fingerprint density at radius 1 is 1.06 bits per heavy atom. The molecule has 0 amide bonds. The lowest BCUT2D eigenvalue weighted by atomic mass is 10.1. The summed E-state index contributed by atoms with van der Waals surface area (Å²) >= 11 is 1.36. The molecule has 0 saturated carbocycles. The van der Waals surface area contributed by atoms with Gasteiger partial charge in [-0.2, -0.15) is 31.4 Å². The number of alkyl halides is 6. The molecule has 178 valence electrons. The lowest BCUT2D eigenvalue weighted by Crippen LogP contribution is -2.14. The second-order valence-corrected chi connectivity index (χ2v) is 8.03. The number of nitrogens with zero attached hydrogens (tertiary/aromatic N) is 4. The summed E-state index contributed by atoms with van der Waals surface area (Å²) in [6, 6.07) is 4.52. The van der Waals surface area contributed by atoms with Gasteiger partial charge in [-0.1, -0.05) is 0 Å². The molecule has 0 unspecified atom stereocenters. The zero-order valence-corrected chi connectivity index (χ0v) is 18.1. The van der Waals surface area contributed by atoms with Crippen molar-refractivity contribution in [3.8, 4) is 16.4 Å². The van der Waals surface area contributed by atoms with Crippen LogP contribution in [0.3, 0.4) is 0 Å². The first-order valence-electron chi connectivity index (χ1n) is 9.60. The number of pyridine rings is 1. The summed E-state index contributed by atoms with van der Waals surface area (Å²) in [4.78, 5) is 8.33. The molecule has 0 atom stereocenters. The molecule has 0 radical (unpaired) electrons. The van der Waals surface area contributed by atoms with E-state index in [1.807, 2.05) is 0 Å². The van der Waals surface area contributed by atoms with E-state index in [0.29, 0.717) is 34.2 Å². The van der Waals surface area contributed by atoms with Crippen LogP contribution in [0.4, 0.5) is 37.8 Å². The number of nitrogens with one attached hydrogen (secondary N) is 1. The Balaban J connectivity index is 1.79. The van der Waals surface area contributed by atoms with Crippen molar-refractivity contribution in [3.63, 3.8) is 0 Å². The Kier molecular flexibility index (Phi) is 6.08. The molecule has 0 aliphatic rings. The van der Waals surface area contributed by atoms with Crippen LogP contribution in [-0.2, 0) is 19.0 Å². The maximum Gasteiger partial charge on any atom is 0.418 e. The van der Waals surface area contributed by atoms with E-state index in [1.165, 1.54) is 16.0 Å². The molecule has 0 aliphatic heterocycles. The van der Waals surface area contributed by atoms with Gasteiger partial charge in [-0.25, -0.2) is 14.6 Å². The van der Waals surface area contributed by atoms with Crippen LogP contribution >= 0.6 is 11.3 Å². The number of aryl methyl sites for hydroxylation is 1. The van der Waals surface area contributed by atoms with Gasteiger partial charge in [-0.3, -0.25) is 0 Å². The molecule has 3 aromatic heterocycles. The van der Waals surface area contributed by atoms with Crippen LogP contribution in [0.1, 0.15) is 22.4 Å². The smallest absolute Gasteiger partial charge is 0.391 e. The fourth-order valence-corrected chi connectivity index (χ4v) is 3.86. The largest absolute Gasteiger partial charge is 0.418 e. The van der Waals surface area contributed by atoms with Gasteiger partial charge in [0.05, 0.1) is 29.1 Å². The van der Waals surface area contributed by atoms with Crippen LogP contribution in [-0.4, -0.2) is 24.9 Å². The van der Waals surface area contributed by atoms with Crippen LogP contribution in [0.25, 0.3) is 16.4 Å². The van der Waals surface area contributed by atoms with E-state index in [1.54, 1.807) is 36.8 Å². The number of anilines is 2. The Morgan fingerprint density at radius 2 is 1.82 bits per heavy atom. The average Bonchev–Trinajstić information content (AvgIpc) is 3.44. The molecule has 0 spiro atoms. The lowest BCUT2D eigenvalue weighted by Gasteiger charge is -2.19. The molecule has 3 heterocycles. The fraction of sp³-hybridized carbons (Fsp3) is 0.190. The van der Waals surface area contributed by atoms with E-state index in [0.717, 1.165) is 0 Å². The highest BCUT2D eigenvalue weighted by atomic mass is 32.1. The maximum absolute atomic E-state index is 13.6. The van der Waals surface area contributed by atoms with Crippen LogP contribution in [0.2, 0.25) is 0 Å². The number of aliphatic hydroxyl groups is 1. The van der Waals surface area contributed by atoms with E-state index in [2.05, 4.69) is 20.4 Å². The van der Waals surface area contributed by atoms with E-state index in [9.17, 15) is 31.4 Å². The van der Waals surface area contributed by atoms with Gasteiger partial charge < -0.3 is 10.4 Å². The van der Waals surface area contributed by atoms with Crippen LogP contribution in [0.5, 0.6) is 0 Å². The number of aromatic nitrogens is 4. The monoisotopic (exact) mass is 499 g/mol. The van der Waals surface area contributed by atoms with Gasteiger partial charge in [0.1, 0.15) is 16.5 Å². The first-order valence-corrected chi connectivity index (χ1v) is 10.5. The van der Waals surface area contributed by atoms with E-state index < -0.39 is 35.8 Å². The van der Waals surface area contributed by atoms with E-state index in [-0.39, 0.29) is 17.4 Å². The van der Waals surface area contributed by atoms with Gasteiger partial charge in [0.15, 0.2) is 0 Å². The number of hydrogen-bond donors (Lipinski definition) is 2. The van der Waals surface area contributed by atoms with Crippen molar-refractivity contribution < 1.29 is 31.4 Å². The number of benzene rings is 1. The minimum absolute atomic E-state index is 0.0332. The molecule has 13 heteroatoms. The molecule has 1 aromatic carbocycles. The second-order valence-electron chi connectivity index (χ2n) is 7.13. The number of thiazole rings is 1. The molecule has 2 N–H and O–H groups in total. The predicted octanol–water partition coefficient (Wildman–Crippen LogP) is 5.97. The zero-order chi connectivity index (χ0) is 24.7. The maximum atomic E-state index is 13.6. The van der Waals surface area contributed by atoms with Crippen molar-refractivity contribution in [3.05, 3.63) is 70.5 Å². The van der Waals surface area contributed by atoms with Crippen molar-refractivity contribution in [2.45, 2.75) is 25.9 Å². The van der Waals surface area contributed by atoms with Gasteiger partial charge in [-0.15, -0.1) is 11.3 Å². The van der Waals surface area contributed by atoms with E-state index in [4.69, 9.17) is 0 Å². The SMILES string of the molecule is Cc1cc(-n2ccc(-c3nccs3)n2)c(CO)c(Nc2ccc(C(F)(F)F)cc2C(F)(F)F)n1.